The van der Waals surface area contributed by atoms with Crippen molar-refractivity contribution < 1.29 is 13.2 Å². The lowest BCUT2D eigenvalue weighted by Gasteiger charge is -2.32. The Bertz CT molecular complexity index is 1870. The molecule has 5 aromatic rings. The van der Waals surface area contributed by atoms with Crippen LogP contribution in [0.2, 0.25) is 5.02 Å². The fourth-order valence-corrected chi connectivity index (χ4v) is 5.26. The first-order valence-electron chi connectivity index (χ1n) is 13.6. The molecule has 2 atom stereocenters. The molecule has 0 aliphatic heterocycles. The third-order valence-corrected chi connectivity index (χ3v) is 7.76. The van der Waals surface area contributed by atoms with E-state index in [4.69, 9.17) is 19.4 Å². The highest BCUT2D eigenvalue weighted by Crippen LogP contribution is 2.39. The van der Waals surface area contributed by atoms with Crippen molar-refractivity contribution in [2.24, 2.45) is 0 Å². The van der Waals surface area contributed by atoms with Crippen LogP contribution in [0.4, 0.5) is 24.5 Å². The zero-order valence-electron chi connectivity index (χ0n) is 22.8. The van der Waals surface area contributed by atoms with E-state index in [1.165, 1.54) is 24.5 Å². The first kappa shape index (κ1) is 28.5. The Morgan fingerprint density at radius 1 is 1.14 bits per heavy atom. The van der Waals surface area contributed by atoms with E-state index in [9.17, 15) is 18.4 Å². The molecule has 2 unspecified atom stereocenters. The summed E-state index contributed by atoms with van der Waals surface area (Å²) < 4.78 is 43.2. The summed E-state index contributed by atoms with van der Waals surface area (Å²) in [6.07, 6.45) is 6.85. The Balaban J connectivity index is 1.45. The third-order valence-electron chi connectivity index (χ3n) is 7.47. The average molecular weight is 599 g/mol. The summed E-state index contributed by atoms with van der Waals surface area (Å²) in [7, 11) is 7.00. The lowest BCUT2D eigenvalue weighted by Crippen LogP contribution is -2.37. The molecule has 3 aromatic heterocycles. The predicted molar refractivity (Wildman–Crippen MR) is 157 cm³/mol. The summed E-state index contributed by atoms with van der Waals surface area (Å²) in [5.74, 6) is -2.70. The van der Waals surface area contributed by atoms with E-state index in [0.29, 0.717) is 45.5 Å². The van der Waals surface area contributed by atoms with Crippen molar-refractivity contribution in [3.63, 3.8) is 0 Å². The molecule has 0 saturated heterocycles. The second-order valence-corrected chi connectivity index (χ2v) is 10.8. The number of nitrogens with one attached hydrogen (secondary N) is 2. The molecule has 214 valence electrons. The van der Waals surface area contributed by atoms with Crippen LogP contribution in [-0.2, 0) is 5.44 Å². The SMILES string of the molecule is [B]C(Nc1cc(Cl)c2ncc(C#N)c(NC(CC)c3cnc(F)c(F)c3)c2c1)(c1ccc(F)cc1)c1cn(C2CC2)nn1. The fourth-order valence-electron chi connectivity index (χ4n) is 4.99. The molecule has 1 saturated carbocycles. The van der Waals surface area contributed by atoms with Crippen molar-refractivity contribution in [1.82, 2.24) is 25.0 Å². The maximum absolute atomic E-state index is 14.0. The maximum Gasteiger partial charge on any atom is 0.248 e. The van der Waals surface area contributed by atoms with Crippen molar-refractivity contribution >= 4 is 41.7 Å². The number of hydrogen-bond donors (Lipinski definition) is 2. The van der Waals surface area contributed by atoms with Crippen LogP contribution in [-0.4, -0.2) is 32.8 Å². The number of pyridine rings is 2. The Labute approximate surface area is 251 Å². The Kier molecular flexibility index (Phi) is 7.44. The summed E-state index contributed by atoms with van der Waals surface area (Å²) in [6, 6.07) is 12.0. The van der Waals surface area contributed by atoms with Crippen LogP contribution in [0.25, 0.3) is 10.9 Å². The largest absolute Gasteiger partial charge is 0.378 e. The molecular formula is C30H23BClF3N8. The first-order chi connectivity index (χ1) is 20.7. The monoisotopic (exact) mass is 598 g/mol. The molecule has 13 heteroatoms. The Hall–Kier alpha value is -4.63. The van der Waals surface area contributed by atoms with Gasteiger partial charge in [0.2, 0.25) is 5.95 Å². The Morgan fingerprint density at radius 3 is 2.58 bits per heavy atom. The summed E-state index contributed by atoms with van der Waals surface area (Å²) in [4.78, 5) is 7.90. The van der Waals surface area contributed by atoms with Gasteiger partial charge >= 0.3 is 0 Å². The minimum atomic E-state index is -1.45. The van der Waals surface area contributed by atoms with Crippen LogP contribution in [0.1, 0.15) is 60.7 Å². The molecule has 2 aromatic carbocycles. The van der Waals surface area contributed by atoms with Crippen LogP contribution >= 0.6 is 11.6 Å². The van der Waals surface area contributed by atoms with Crippen LogP contribution in [0.15, 0.2) is 61.1 Å². The highest BCUT2D eigenvalue weighted by Gasteiger charge is 2.34. The molecule has 2 N–H and O–H groups in total. The van der Waals surface area contributed by atoms with Crippen molar-refractivity contribution in [3.8, 4) is 6.07 Å². The van der Waals surface area contributed by atoms with Gasteiger partial charge in [0, 0.05) is 23.5 Å². The zero-order valence-corrected chi connectivity index (χ0v) is 23.6. The summed E-state index contributed by atoms with van der Waals surface area (Å²) in [6.45, 7) is 1.86. The van der Waals surface area contributed by atoms with Crippen molar-refractivity contribution in [2.45, 2.75) is 43.7 Å². The summed E-state index contributed by atoms with van der Waals surface area (Å²) in [5.41, 5.74) is 1.32. The number of fused-ring (bicyclic) bond motifs is 1. The van der Waals surface area contributed by atoms with E-state index < -0.39 is 29.1 Å². The second kappa shape index (κ2) is 11.2. The average Bonchev–Trinajstić information content (AvgIpc) is 3.73. The minimum Gasteiger partial charge on any atom is -0.378 e. The van der Waals surface area contributed by atoms with Gasteiger partial charge in [-0.25, -0.2) is 18.4 Å². The number of nitriles is 1. The minimum absolute atomic E-state index is 0.208. The molecule has 43 heavy (non-hydrogen) atoms. The number of anilines is 2. The molecule has 0 bridgehead atoms. The van der Waals surface area contributed by atoms with E-state index in [1.54, 1.807) is 35.1 Å². The highest BCUT2D eigenvalue weighted by atomic mass is 35.5. The van der Waals surface area contributed by atoms with E-state index >= 15 is 0 Å². The molecule has 6 rings (SSSR count). The molecule has 2 radical (unpaired) electrons. The highest BCUT2D eigenvalue weighted by molar-refractivity contribution is 6.36. The number of rotatable bonds is 9. The lowest BCUT2D eigenvalue weighted by atomic mass is 9.69. The molecule has 1 aliphatic rings. The van der Waals surface area contributed by atoms with Gasteiger partial charge in [0.1, 0.15) is 25.4 Å². The molecule has 8 nitrogen and oxygen atoms in total. The molecule has 1 aliphatic carbocycles. The predicted octanol–water partition coefficient (Wildman–Crippen LogP) is 6.54. The van der Waals surface area contributed by atoms with E-state index in [1.807, 2.05) is 6.92 Å². The number of halogens is 4. The maximum atomic E-state index is 14.0. The molecule has 0 amide bonds. The van der Waals surface area contributed by atoms with Crippen molar-refractivity contribution in [2.75, 3.05) is 10.6 Å². The molecular weight excluding hydrogens is 576 g/mol. The number of aromatic nitrogens is 5. The van der Waals surface area contributed by atoms with E-state index in [0.717, 1.165) is 18.9 Å². The van der Waals surface area contributed by atoms with Crippen molar-refractivity contribution in [1.29, 1.82) is 5.26 Å². The number of hydrogen-bond acceptors (Lipinski definition) is 7. The van der Waals surface area contributed by atoms with E-state index in [-0.39, 0.29) is 16.6 Å². The van der Waals surface area contributed by atoms with Gasteiger partial charge in [-0.1, -0.05) is 35.9 Å². The Morgan fingerprint density at radius 2 is 1.91 bits per heavy atom. The zero-order chi connectivity index (χ0) is 30.3. The van der Waals surface area contributed by atoms with Crippen LogP contribution in [0, 0.1) is 28.9 Å². The van der Waals surface area contributed by atoms with Gasteiger partial charge in [-0.15, -0.1) is 5.10 Å². The van der Waals surface area contributed by atoms with Crippen LogP contribution in [0.5, 0.6) is 0 Å². The van der Waals surface area contributed by atoms with Crippen LogP contribution in [0.3, 0.4) is 0 Å². The number of benzene rings is 2. The van der Waals surface area contributed by atoms with Crippen LogP contribution < -0.4 is 10.6 Å². The normalized spacial score (nSPS) is 15.1. The first-order valence-corrected chi connectivity index (χ1v) is 13.9. The molecule has 3 heterocycles. The van der Waals surface area contributed by atoms with Gasteiger partial charge < -0.3 is 10.6 Å². The number of nitrogens with zero attached hydrogens (tertiary/aromatic N) is 6. The van der Waals surface area contributed by atoms with E-state index in [2.05, 4.69) is 37.0 Å². The quantitative estimate of drug-likeness (QED) is 0.147. The fraction of sp³-hybridized carbons (Fsp3) is 0.233. The summed E-state index contributed by atoms with van der Waals surface area (Å²) in [5, 5.41) is 25.9. The standard InChI is InChI=1S/C30H23BClF3N8/c1-2-25(16-9-24(34)29(35)38-13-16)39-27-17(12-36)14-37-28-22(27)10-20(11-23(28)32)40-30(31,18-3-5-19(33)6-4-18)26-15-43(42-41-26)21-7-8-21/h3-6,9-11,13-15,21,25,40H,2,7-8H2,1H3,(H,37,39). The second-order valence-electron chi connectivity index (χ2n) is 10.4. The van der Waals surface area contributed by atoms with Gasteiger partial charge in [0.25, 0.3) is 0 Å². The smallest absolute Gasteiger partial charge is 0.248 e. The van der Waals surface area contributed by atoms with Gasteiger partial charge in [-0.2, -0.15) is 9.65 Å². The van der Waals surface area contributed by atoms with Crippen molar-refractivity contribution in [3.05, 3.63) is 106 Å². The van der Waals surface area contributed by atoms with Gasteiger partial charge in [0.05, 0.1) is 45.5 Å². The van der Waals surface area contributed by atoms with Gasteiger partial charge in [-0.3, -0.25) is 4.98 Å². The summed E-state index contributed by atoms with van der Waals surface area (Å²) >= 11 is 6.71. The molecule has 1 fully saturated rings. The lowest BCUT2D eigenvalue weighted by molar-refractivity contribution is 0.475. The third kappa shape index (κ3) is 5.48. The topological polar surface area (TPSA) is 104 Å². The molecule has 0 spiro atoms. The van der Waals surface area contributed by atoms with Gasteiger partial charge in [0.15, 0.2) is 5.82 Å². The van der Waals surface area contributed by atoms with Gasteiger partial charge in [-0.05, 0) is 60.7 Å².